The van der Waals surface area contributed by atoms with Crippen molar-refractivity contribution in [1.82, 2.24) is 10.3 Å². The quantitative estimate of drug-likeness (QED) is 0.733. The van der Waals surface area contributed by atoms with Crippen LogP contribution >= 0.6 is 0 Å². The molecule has 1 N–H and O–H groups in total. The molecule has 0 aliphatic rings. The van der Waals surface area contributed by atoms with Crippen molar-refractivity contribution < 1.29 is 4.74 Å². The molecule has 0 fully saturated rings. The predicted octanol–water partition coefficient (Wildman–Crippen LogP) is 3.96. The Hall–Kier alpha value is -1.09. The van der Waals surface area contributed by atoms with Crippen LogP contribution in [0.15, 0.2) is 18.5 Å². The smallest absolute Gasteiger partial charge is 0.137 e. The number of pyridine rings is 1. The van der Waals surface area contributed by atoms with Gasteiger partial charge in [0.1, 0.15) is 5.75 Å². The maximum absolute atomic E-state index is 5.29. The van der Waals surface area contributed by atoms with Crippen molar-refractivity contribution in [2.24, 2.45) is 5.92 Å². The summed E-state index contributed by atoms with van der Waals surface area (Å²) >= 11 is 0. The fourth-order valence-corrected chi connectivity index (χ4v) is 2.57. The number of ether oxygens (including phenoxy) is 1. The van der Waals surface area contributed by atoms with Crippen molar-refractivity contribution in [3.8, 4) is 5.75 Å². The van der Waals surface area contributed by atoms with Gasteiger partial charge >= 0.3 is 0 Å². The Morgan fingerprint density at radius 2 is 2.05 bits per heavy atom. The predicted molar refractivity (Wildman–Crippen MR) is 80.5 cm³/mol. The van der Waals surface area contributed by atoms with Crippen molar-refractivity contribution >= 4 is 0 Å². The van der Waals surface area contributed by atoms with Gasteiger partial charge in [-0.3, -0.25) is 4.98 Å². The molecule has 1 heterocycles. The van der Waals surface area contributed by atoms with Crippen LogP contribution < -0.4 is 10.1 Å². The molecule has 0 radical (unpaired) electrons. The van der Waals surface area contributed by atoms with E-state index < -0.39 is 0 Å². The standard InChI is InChI=1S/C16H28N2O/c1-5-8-9-13(6-2)16(18-7-3)14-10-15(19-4)12-17-11-14/h10-13,16,18H,5-9H2,1-4H3. The molecule has 2 atom stereocenters. The van der Waals surface area contributed by atoms with Gasteiger partial charge in [-0.1, -0.05) is 40.0 Å². The zero-order chi connectivity index (χ0) is 14.1. The largest absolute Gasteiger partial charge is 0.495 e. The lowest BCUT2D eigenvalue weighted by atomic mass is 9.87. The van der Waals surface area contributed by atoms with E-state index in [0.717, 1.165) is 12.3 Å². The third kappa shape index (κ3) is 4.83. The van der Waals surface area contributed by atoms with E-state index in [9.17, 15) is 0 Å². The molecule has 1 aromatic heterocycles. The Morgan fingerprint density at radius 3 is 2.63 bits per heavy atom. The van der Waals surface area contributed by atoms with Gasteiger partial charge < -0.3 is 10.1 Å². The normalized spacial score (nSPS) is 14.1. The van der Waals surface area contributed by atoms with Gasteiger partial charge in [-0.25, -0.2) is 0 Å². The van der Waals surface area contributed by atoms with E-state index in [2.05, 4.69) is 37.1 Å². The molecule has 0 saturated carbocycles. The maximum Gasteiger partial charge on any atom is 0.137 e. The van der Waals surface area contributed by atoms with Crippen LogP contribution in [0.25, 0.3) is 0 Å². The van der Waals surface area contributed by atoms with Crippen LogP contribution in [0, 0.1) is 5.92 Å². The van der Waals surface area contributed by atoms with Crippen LogP contribution in [0.5, 0.6) is 5.75 Å². The molecule has 1 rings (SSSR count). The zero-order valence-corrected chi connectivity index (χ0v) is 12.8. The second-order valence-corrected chi connectivity index (χ2v) is 5.00. The van der Waals surface area contributed by atoms with E-state index in [1.807, 2.05) is 6.20 Å². The first kappa shape index (κ1) is 16.0. The minimum Gasteiger partial charge on any atom is -0.495 e. The first-order chi connectivity index (χ1) is 9.26. The van der Waals surface area contributed by atoms with Crippen molar-refractivity contribution in [2.45, 2.75) is 52.5 Å². The number of aromatic nitrogens is 1. The number of hydrogen-bond donors (Lipinski definition) is 1. The number of rotatable bonds is 9. The molecular formula is C16H28N2O. The Bertz CT molecular complexity index is 354. The molecule has 108 valence electrons. The highest BCUT2D eigenvalue weighted by atomic mass is 16.5. The lowest BCUT2D eigenvalue weighted by Gasteiger charge is -2.27. The summed E-state index contributed by atoms with van der Waals surface area (Å²) in [5.41, 5.74) is 1.24. The summed E-state index contributed by atoms with van der Waals surface area (Å²) in [7, 11) is 1.69. The van der Waals surface area contributed by atoms with Gasteiger partial charge in [-0.15, -0.1) is 0 Å². The van der Waals surface area contributed by atoms with E-state index in [0.29, 0.717) is 12.0 Å². The zero-order valence-electron chi connectivity index (χ0n) is 12.8. The minimum absolute atomic E-state index is 0.379. The lowest BCUT2D eigenvalue weighted by Crippen LogP contribution is -2.28. The number of nitrogens with one attached hydrogen (secondary N) is 1. The summed E-state index contributed by atoms with van der Waals surface area (Å²) in [6.45, 7) is 7.66. The third-order valence-corrected chi connectivity index (χ3v) is 3.68. The number of nitrogens with zero attached hydrogens (tertiary/aromatic N) is 1. The average molecular weight is 264 g/mol. The van der Waals surface area contributed by atoms with Crippen molar-refractivity contribution in [1.29, 1.82) is 0 Å². The second-order valence-electron chi connectivity index (χ2n) is 5.00. The molecular weight excluding hydrogens is 236 g/mol. The van der Waals surface area contributed by atoms with Crippen molar-refractivity contribution in [2.75, 3.05) is 13.7 Å². The Kier molecular flexibility index (Phi) is 7.49. The second kappa shape index (κ2) is 8.92. The van der Waals surface area contributed by atoms with Gasteiger partial charge in [0.2, 0.25) is 0 Å². The molecule has 0 aliphatic carbocycles. The Balaban J connectivity index is 2.89. The van der Waals surface area contributed by atoms with E-state index in [4.69, 9.17) is 4.74 Å². The van der Waals surface area contributed by atoms with Crippen molar-refractivity contribution in [3.05, 3.63) is 24.0 Å². The highest BCUT2D eigenvalue weighted by Gasteiger charge is 2.21. The third-order valence-electron chi connectivity index (χ3n) is 3.68. The average Bonchev–Trinajstić information content (AvgIpc) is 2.46. The SMILES string of the molecule is CCCCC(CC)C(NCC)c1cncc(OC)c1. The van der Waals surface area contributed by atoms with E-state index >= 15 is 0 Å². The van der Waals surface area contributed by atoms with Gasteiger partial charge in [-0.2, -0.15) is 0 Å². The fraction of sp³-hybridized carbons (Fsp3) is 0.688. The molecule has 2 unspecified atom stereocenters. The first-order valence-corrected chi connectivity index (χ1v) is 7.49. The van der Waals surface area contributed by atoms with Gasteiger partial charge in [0.25, 0.3) is 0 Å². The minimum atomic E-state index is 0.379. The number of hydrogen-bond acceptors (Lipinski definition) is 3. The monoisotopic (exact) mass is 264 g/mol. The van der Waals surface area contributed by atoms with Crippen LogP contribution in [-0.2, 0) is 0 Å². The van der Waals surface area contributed by atoms with Gasteiger partial charge in [-0.05, 0) is 30.5 Å². The maximum atomic E-state index is 5.29. The molecule has 3 nitrogen and oxygen atoms in total. The molecule has 0 spiro atoms. The molecule has 0 aromatic carbocycles. The lowest BCUT2D eigenvalue weighted by molar-refractivity contribution is 0.325. The summed E-state index contributed by atoms with van der Waals surface area (Å²) in [5.74, 6) is 1.50. The molecule has 3 heteroatoms. The van der Waals surface area contributed by atoms with E-state index in [1.54, 1.807) is 13.3 Å². The van der Waals surface area contributed by atoms with Gasteiger partial charge in [0.15, 0.2) is 0 Å². The topological polar surface area (TPSA) is 34.2 Å². The Morgan fingerprint density at radius 1 is 1.26 bits per heavy atom. The number of methoxy groups -OCH3 is 1. The first-order valence-electron chi connectivity index (χ1n) is 7.49. The van der Waals surface area contributed by atoms with Crippen LogP contribution in [0.1, 0.15) is 58.1 Å². The highest BCUT2D eigenvalue weighted by Crippen LogP contribution is 2.30. The number of unbranched alkanes of at least 4 members (excludes halogenated alkanes) is 1. The van der Waals surface area contributed by atoms with Crippen LogP contribution in [0.3, 0.4) is 0 Å². The Labute approximate surface area is 117 Å². The van der Waals surface area contributed by atoms with Gasteiger partial charge in [0, 0.05) is 12.2 Å². The fourth-order valence-electron chi connectivity index (χ4n) is 2.57. The summed E-state index contributed by atoms with van der Waals surface area (Å²) in [6, 6.07) is 2.48. The molecule has 0 bridgehead atoms. The molecule has 19 heavy (non-hydrogen) atoms. The van der Waals surface area contributed by atoms with E-state index in [-0.39, 0.29) is 0 Å². The summed E-state index contributed by atoms with van der Waals surface area (Å²) in [5, 5.41) is 3.61. The van der Waals surface area contributed by atoms with Crippen LogP contribution in [0.2, 0.25) is 0 Å². The molecule has 0 saturated heterocycles. The summed E-state index contributed by atoms with van der Waals surface area (Å²) in [4.78, 5) is 4.29. The summed E-state index contributed by atoms with van der Waals surface area (Å²) in [6.07, 6.45) is 8.73. The van der Waals surface area contributed by atoms with Crippen LogP contribution in [-0.4, -0.2) is 18.6 Å². The van der Waals surface area contributed by atoms with Gasteiger partial charge in [0.05, 0.1) is 13.3 Å². The molecule has 1 aromatic rings. The summed E-state index contributed by atoms with van der Waals surface area (Å²) < 4.78 is 5.29. The van der Waals surface area contributed by atoms with Crippen LogP contribution in [0.4, 0.5) is 0 Å². The molecule has 0 amide bonds. The molecule has 0 aliphatic heterocycles. The van der Waals surface area contributed by atoms with E-state index in [1.165, 1.54) is 31.2 Å². The van der Waals surface area contributed by atoms with Crippen molar-refractivity contribution in [3.63, 3.8) is 0 Å². The highest BCUT2D eigenvalue weighted by molar-refractivity contribution is 5.26.